The number of hydrogen-bond acceptors (Lipinski definition) is 3. The fourth-order valence-corrected chi connectivity index (χ4v) is 3.08. The van der Waals surface area contributed by atoms with Gasteiger partial charge in [0, 0.05) is 6.04 Å². The van der Waals surface area contributed by atoms with Gasteiger partial charge in [-0.3, -0.25) is 9.59 Å². The highest BCUT2D eigenvalue weighted by molar-refractivity contribution is 9.10. The first-order valence-electron chi connectivity index (χ1n) is 6.87. The Kier molecular flexibility index (Phi) is 5.22. The van der Waals surface area contributed by atoms with Crippen LogP contribution in [0.4, 0.5) is 0 Å². The molecule has 2 rings (SSSR count). The largest absolute Gasteiger partial charge is 0.483 e. The lowest BCUT2D eigenvalue weighted by Gasteiger charge is -2.13. The van der Waals surface area contributed by atoms with E-state index in [0.717, 1.165) is 10.0 Å². The van der Waals surface area contributed by atoms with Gasteiger partial charge in [0.25, 0.3) is 5.91 Å². The molecule has 0 unspecified atom stereocenters. The molecule has 0 heterocycles. The van der Waals surface area contributed by atoms with E-state index in [1.165, 1.54) is 0 Å². The number of benzene rings is 1. The molecule has 5 nitrogen and oxygen atoms in total. The van der Waals surface area contributed by atoms with E-state index in [-0.39, 0.29) is 24.5 Å². The highest BCUT2D eigenvalue weighted by atomic mass is 79.9. The van der Waals surface area contributed by atoms with Gasteiger partial charge >= 0.3 is 5.97 Å². The summed E-state index contributed by atoms with van der Waals surface area (Å²) >= 11 is 3.39. The van der Waals surface area contributed by atoms with Crippen molar-refractivity contribution in [1.82, 2.24) is 5.32 Å². The van der Waals surface area contributed by atoms with Crippen molar-refractivity contribution in [1.29, 1.82) is 0 Å². The van der Waals surface area contributed by atoms with Crippen molar-refractivity contribution >= 4 is 27.8 Å². The molecule has 1 saturated carbocycles. The molecule has 114 valence electrons. The van der Waals surface area contributed by atoms with E-state index >= 15 is 0 Å². The molecule has 1 aromatic carbocycles. The van der Waals surface area contributed by atoms with Crippen molar-refractivity contribution in [3.05, 3.63) is 28.2 Å². The van der Waals surface area contributed by atoms with E-state index in [2.05, 4.69) is 21.2 Å². The third-order valence-electron chi connectivity index (χ3n) is 3.59. The molecule has 1 aromatic rings. The summed E-state index contributed by atoms with van der Waals surface area (Å²) < 4.78 is 6.27. The van der Waals surface area contributed by atoms with Gasteiger partial charge in [-0.15, -0.1) is 0 Å². The first kappa shape index (κ1) is 15.8. The van der Waals surface area contributed by atoms with Gasteiger partial charge in [0.1, 0.15) is 5.75 Å². The number of aliphatic carboxylic acids is 1. The van der Waals surface area contributed by atoms with Gasteiger partial charge in [-0.25, -0.2) is 0 Å². The molecule has 0 bridgehead atoms. The molecule has 1 aliphatic carbocycles. The second-order valence-electron chi connectivity index (χ2n) is 5.34. The first-order chi connectivity index (χ1) is 9.95. The van der Waals surface area contributed by atoms with Gasteiger partial charge < -0.3 is 15.2 Å². The predicted octanol–water partition coefficient (Wildman–Crippen LogP) is 2.51. The second-order valence-corrected chi connectivity index (χ2v) is 6.19. The van der Waals surface area contributed by atoms with Gasteiger partial charge in [0.15, 0.2) is 6.61 Å². The van der Waals surface area contributed by atoms with E-state index in [9.17, 15) is 9.59 Å². The molecule has 2 atom stereocenters. The zero-order valence-corrected chi connectivity index (χ0v) is 13.4. The standard InChI is InChI=1S/C15H18BrNO4/c1-9-2-5-13(12(16)6-9)21-8-14(18)17-11-4-3-10(7-11)15(19)20/h2,5-6,10-11H,3-4,7-8H2,1H3,(H,17,18)(H,19,20)/t10-,11+/m1/s1. The summed E-state index contributed by atoms with van der Waals surface area (Å²) in [4.78, 5) is 22.7. The highest BCUT2D eigenvalue weighted by Gasteiger charge is 2.30. The Hall–Kier alpha value is -1.56. The number of nitrogens with one attached hydrogen (secondary N) is 1. The van der Waals surface area contributed by atoms with E-state index in [0.29, 0.717) is 25.0 Å². The molecule has 1 amide bonds. The molecule has 0 saturated heterocycles. The summed E-state index contributed by atoms with van der Waals surface area (Å²) in [5, 5.41) is 11.7. The lowest BCUT2D eigenvalue weighted by molar-refractivity contribution is -0.141. The Bertz CT molecular complexity index is 546. The average Bonchev–Trinajstić information content (AvgIpc) is 2.86. The van der Waals surface area contributed by atoms with Crippen LogP contribution in [-0.2, 0) is 9.59 Å². The predicted molar refractivity (Wildman–Crippen MR) is 81.3 cm³/mol. The van der Waals surface area contributed by atoms with E-state index < -0.39 is 5.97 Å². The molecule has 0 aliphatic heterocycles. The smallest absolute Gasteiger partial charge is 0.306 e. The Morgan fingerprint density at radius 3 is 2.81 bits per heavy atom. The molecular weight excluding hydrogens is 338 g/mol. The van der Waals surface area contributed by atoms with Gasteiger partial charge in [-0.05, 0) is 59.8 Å². The van der Waals surface area contributed by atoms with Gasteiger partial charge in [0.05, 0.1) is 10.4 Å². The van der Waals surface area contributed by atoms with Gasteiger partial charge in [-0.2, -0.15) is 0 Å². The number of carbonyl (C=O) groups excluding carboxylic acids is 1. The maximum atomic E-state index is 11.8. The van der Waals surface area contributed by atoms with Crippen LogP contribution in [0.1, 0.15) is 24.8 Å². The van der Waals surface area contributed by atoms with Crippen molar-refractivity contribution in [2.45, 2.75) is 32.2 Å². The minimum atomic E-state index is -0.786. The van der Waals surface area contributed by atoms with Crippen LogP contribution in [0.3, 0.4) is 0 Å². The minimum Gasteiger partial charge on any atom is -0.483 e. The van der Waals surface area contributed by atoms with Crippen LogP contribution in [0.2, 0.25) is 0 Å². The molecule has 2 N–H and O–H groups in total. The lowest BCUT2D eigenvalue weighted by atomic mass is 10.1. The molecule has 0 aromatic heterocycles. The number of hydrogen-bond donors (Lipinski definition) is 2. The SMILES string of the molecule is Cc1ccc(OCC(=O)N[C@H]2CC[C@@H](C(=O)O)C2)c(Br)c1. The summed E-state index contributed by atoms with van der Waals surface area (Å²) in [6, 6.07) is 5.57. The quantitative estimate of drug-likeness (QED) is 0.850. The van der Waals surface area contributed by atoms with Gasteiger partial charge in [-0.1, -0.05) is 6.07 Å². The van der Waals surface area contributed by atoms with E-state index in [4.69, 9.17) is 9.84 Å². The molecule has 1 aliphatic rings. The molecule has 0 spiro atoms. The summed E-state index contributed by atoms with van der Waals surface area (Å²) in [5.41, 5.74) is 1.10. The van der Waals surface area contributed by atoms with Gasteiger partial charge in [0.2, 0.25) is 0 Å². The maximum Gasteiger partial charge on any atom is 0.306 e. The van der Waals surface area contributed by atoms with Crippen molar-refractivity contribution in [2.24, 2.45) is 5.92 Å². The number of rotatable bonds is 5. The second kappa shape index (κ2) is 6.93. The van der Waals surface area contributed by atoms with Crippen LogP contribution in [0.5, 0.6) is 5.75 Å². The van der Waals surface area contributed by atoms with E-state index in [1.807, 2.05) is 25.1 Å². The number of halogens is 1. The molecule has 1 fully saturated rings. The molecule has 0 radical (unpaired) electrons. The fraction of sp³-hybridized carbons (Fsp3) is 0.467. The van der Waals surface area contributed by atoms with Crippen LogP contribution >= 0.6 is 15.9 Å². The monoisotopic (exact) mass is 355 g/mol. The zero-order valence-electron chi connectivity index (χ0n) is 11.8. The topological polar surface area (TPSA) is 75.6 Å². The fourth-order valence-electron chi connectivity index (χ4n) is 2.47. The normalized spacial score (nSPS) is 21.0. The van der Waals surface area contributed by atoms with Crippen molar-refractivity contribution in [3.8, 4) is 5.75 Å². The number of carboxylic acid groups (broad SMARTS) is 1. The van der Waals surface area contributed by atoms with Crippen LogP contribution in [0.15, 0.2) is 22.7 Å². The number of amides is 1. The van der Waals surface area contributed by atoms with E-state index in [1.54, 1.807) is 0 Å². The molecular formula is C15H18BrNO4. The van der Waals surface area contributed by atoms with Crippen LogP contribution < -0.4 is 10.1 Å². The maximum absolute atomic E-state index is 11.8. The first-order valence-corrected chi connectivity index (χ1v) is 7.66. The number of aryl methyl sites for hydroxylation is 1. The van der Waals surface area contributed by atoms with Crippen LogP contribution in [-0.4, -0.2) is 29.6 Å². The van der Waals surface area contributed by atoms with Crippen molar-refractivity contribution < 1.29 is 19.4 Å². The van der Waals surface area contributed by atoms with Crippen LogP contribution in [0.25, 0.3) is 0 Å². The van der Waals surface area contributed by atoms with Crippen molar-refractivity contribution in [2.75, 3.05) is 6.61 Å². The molecule has 6 heteroatoms. The minimum absolute atomic E-state index is 0.0661. The molecule has 21 heavy (non-hydrogen) atoms. The third kappa shape index (κ3) is 4.46. The Morgan fingerprint density at radius 1 is 1.43 bits per heavy atom. The van der Waals surface area contributed by atoms with Crippen LogP contribution in [0, 0.1) is 12.8 Å². The summed E-state index contributed by atoms with van der Waals surface area (Å²) in [6.45, 7) is 1.90. The number of carbonyl (C=O) groups is 2. The highest BCUT2D eigenvalue weighted by Crippen LogP contribution is 2.27. The zero-order chi connectivity index (χ0) is 15.4. The number of carboxylic acids is 1. The summed E-state index contributed by atoms with van der Waals surface area (Å²) in [7, 11) is 0. The Labute approximate surface area is 131 Å². The Balaban J connectivity index is 1.79. The number of ether oxygens (including phenoxy) is 1. The van der Waals surface area contributed by atoms with Crippen molar-refractivity contribution in [3.63, 3.8) is 0 Å². The summed E-state index contributed by atoms with van der Waals surface area (Å²) in [5.74, 6) is -0.738. The Morgan fingerprint density at radius 2 is 2.19 bits per heavy atom. The lowest BCUT2D eigenvalue weighted by Crippen LogP contribution is -2.36. The average molecular weight is 356 g/mol. The third-order valence-corrected chi connectivity index (χ3v) is 4.21. The summed E-state index contributed by atoms with van der Waals surface area (Å²) in [6.07, 6.45) is 1.82.